The Balaban J connectivity index is 0.000000186. The Hall–Kier alpha value is -4.94. The third-order valence-electron chi connectivity index (χ3n) is 7.75. The van der Waals surface area contributed by atoms with Crippen LogP contribution in [0.1, 0.15) is 40.0 Å². The van der Waals surface area contributed by atoms with Gasteiger partial charge in [-0.05, 0) is 41.0 Å². The molecule has 0 saturated carbocycles. The second kappa shape index (κ2) is 14.7. The molecule has 8 nitrogen and oxygen atoms in total. The summed E-state index contributed by atoms with van der Waals surface area (Å²) in [7, 11) is 0. The molecule has 0 spiro atoms. The molecule has 4 aromatic carbocycles. The van der Waals surface area contributed by atoms with Gasteiger partial charge >= 0.3 is 6.18 Å². The van der Waals surface area contributed by atoms with E-state index in [-0.39, 0.29) is 49.4 Å². The third kappa shape index (κ3) is 8.66. The van der Waals surface area contributed by atoms with Crippen LogP contribution in [0, 0.1) is 5.82 Å². The molecule has 2 aliphatic rings. The minimum absolute atomic E-state index is 0.0155. The van der Waals surface area contributed by atoms with Crippen molar-refractivity contribution in [3.63, 3.8) is 0 Å². The molecule has 0 aromatic heterocycles. The van der Waals surface area contributed by atoms with Crippen LogP contribution in [0.5, 0.6) is 11.5 Å². The van der Waals surface area contributed by atoms with Crippen molar-refractivity contribution in [2.45, 2.75) is 31.5 Å². The number of carbonyl (C=O) groups excluding carboxylic acids is 2. The molecular formula is C35H32F4N2O6. The normalized spacial score (nSPS) is 18.5. The predicted octanol–water partition coefficient (Wildman–Crippen LogP) is 6.14. The molecule has 246 valence electrons. The van der Waals surface area contributed by atoms with E-state index < -0.39 is 35.5 Å². The SMILES string of the molecule is O=C1COC(c2ccc(O)cc2C(F)(F)F)CN1Cc1ccccc1.O=C1COC(c2ccc(O)cc2F)CN1Cc1ccccc1. The fourth-order valence-corrected chi connectivity index (χ4v) is 5.37. The number of amides is 2. The Morgan fingerprint density at radius 1 is 0.660 bits per heavy atom. The number of benzene rings is 4. The van der Waals surface area contributed by atoms with Gasteiger partial charge in [0, 0.05) is 24.7 Å². The van der Waals surface area contributed by atoms with Gasteiger partial charge in [0.1, 0.15) is 42.7 Å². The summed E-state index contributed by atoms with van der Waals surface area (Å²) >= 11 is 0. The summed E-state index contributed by atoms with van der Waals surface area (Å²) in [6, 6.07) is 25.9. The number of alkyl halides is 3. The van der Waals surface area contributed by atoms with Crippen LogP contribution in [-0.4, -0.2) is 58.1 Å². The van der Waals surface area contributed by atoms with Gasteiger partial charge in [0.15, 0.2) is 0 Å². The van der Waals surface area contributed by atoms with Gasteiger partial charge in [-0.25, -0.2) is 4.39 Å². The molecule has 2 fully saturated rings. The highest BCUT2D eigenvalue weighted by Gasteiger charge is 2.38. The number of rotatable bonds is 6. The maximum Gasteiger partial charge on any atom is 0.416 e. The second-order valence-electron chi connectivity index (χ2n) is 11.1. The molecule has 2 saturated heterocycles. The first-order valence-corrected chi connectivity index (χ1v) is 14.7. The van der Waals surface area contributed by atoms with Gasteiger partial charge in [0.2, 0.25) is 11.8 Å². The second-order valence-corrected chi connectivity index (χ2v) is 11.1. The van der Waals surface area contributed by atoms with Crippen molar-refractivity contribution in [1.29, 1.82) is 0 Å². The van der Waals surface area contributed by atoms with Crippen molar-refractivity contribution in [1.82, 2.24) is 9.80 Å². The fourth-order valence-electron chi connectivity index (χ4n) is 5.37. The first-order chi connectivity index (χ1) is 22.5. The molecule has 2 N–H and O–H groups in total. The van der Waals surface area contributed by atoms with Gasteiger partial charge in [-0.2, -0.15) is 13.2 Å². The van der Waals surface area contributed by atoms with Crippen molar-refractivity contribution in [2.75, 3.05) is 26.3 Å². The molecule has 2 heterocycles. The maximum atomic E-state index is 13.9. The van der Waals surface area contributed by atoms with Crippen molar-refractivity contribution < 1.29 is 46.8 Å². The lowest BCUT2D eigenvalue weighted by molar-refractivity contribution is -0.152. The lowest BCUT2D eigenvalue weighted by Gasteiger charge is -2.34. The number of aromatic hydroxyl groups is 2. The van der Waals surface area contributed by atoms with Crippen LogP contribution in [0.3, 0.4) is 0 Å². The lowest BCUT2D eigenvalue weighted by atomic mass is 9.99. The van der Waals surface area contributed by atoms with E-state index in [0.717, 1.165) is 17.2 Å². The van der Waals surface area contributed by atoms with E-state index in [4.69, 9.17) is 9.47 Å². The summed E-state index contributed by atoms with van der Waals surface area (Å²) in [5.74, 6) is -1.51. The van der Waals surface area contributed by atoms with E-state index in [0.29, 0.717) is 24.7 Å². The minimum Gasteiger partial charge on any atom is -0.508 e. The molecule has 0 aliphatic carbocycles. The molecular weight excluding hydrogens is 620 g/mol. The van der Waals surface area contributed by atoms with Gasteiger partial charge in [-0.3, -0.25) is 9.59 Å². The summed E-state index contributed by atoms with van der Waals surface area (Å²) in [6.45, 7) is 0.725. The topological polar surface area (TPSA) is 99.5 Å². The maximum absolute atomic E-state index is 13.9. The monoisotopic (exact) mass is 652 g/mol. The zero-order valence-electron chi connectivity index (χ0n) is 25.1. The first kappa shape index (κ1) is 33.4. The van der Waals surface area contributed by atoms with E-state index >= 15 is 0 Å². The standard InChI is InChI=1S/C18H16F3NO3.C17H16FNO3/c19-18(20,21)15-8-13(23)6-7-14(15)16-10-22(17(24)11-25-16)9-12-4-2-1-3-5-12;18-15-8-13(20)6-7-14(15)16-10-19(17(21)11-22-16)9-12-4-2-1-3-5-12/h1-8,16,23H,9-11H2;1-8,16,20H,9-11H2. The zero-order valence-corrected chi connectivity index (χ0v) is 25.1. The number of morpholine rings is 2. The number of hydrogen-bond acceptors (Lipinski definition) is 6. The van der Waals surface area contributed by atoms with Crippen LogP contribution in [0.15, 0.2) is 97.1 Å². The predicted molar refractivity (Wildman–Crippen MR) is 162 cm³/mol. The molecule has 0 radical (unpaired) electrons. The van der Waals surface area contributed by atoms with E-state index in [1.165, 1.54) is 29.2 Å². The van der Waals surface area contributed by atoms with E-state index in [2.05, 4.69) is 0 Å². The summed E-state index contributed by atoms with van der Waals surface area (Å²) in [5, 5.41) is 18.7. The largest absolute Gasteiger partial charge is 0.508 e. The highest BCUT2D eigenvalue weighted by molar-refractivity contribution is 5.78. The van der Waals surface area contributed by atoms with Crippen LogP contribution >= 0.6 is 0 Å². The van der Waals surface area contributed by atoms with Gasteiger partial charge < -0.3 is 29.5 Å². The average Bonchev–Trinajstić information content (AvgIpc) is 3.04. The number of phenolic OH excluding ortho intramolecular Hbond substituents is 2. The zero-order chi connectivity index (χ0) is 33.6. The molecule has 47 heavy (non-hydrogen) atoms. The molecule has 12 heteroatoms. The highest BCUT2D eigenvalue weighted by atomic mass is 19.4. The van der Waals surface area contributed by atoms with Crippen molar-refractivity contribution in [3.05, 3.63) is 131 Å². The minimum atomic E-state index is -4.62. The summed E-state index contributed by atoms with van der Waals surface area (Å²) in [5.41, 5.74) is 1.21. The van der Waals surface area contributed by atoms with Crippen LogP contribution in [0.25, 0.3) is 0 Å². The van der Waals surface area contributed by atoms with Crippen LogP contribution in [0.2, 0.25) is 0 Å². The summed E-state index contributed by atoms with van der Waals surface area (Å²) < 4.78 is 64.5. The number of nitrogens with zero attached hydrogens (tertiary/aromatic N) is 2. The Kier molecular flexibility index (Phi) is 10.4. The van der Waals surface area contributed by atoms with E-state index in [1.807, 2.05) is 60.7 Å². The molecule has 4 aromatic rings. The number of phenols is 2. The Morgan fingerprint density at radius 3 is 1.57 bits per heavy atom. The number of halogens is 4. The van der Waals surface area contributed by atoms with E-state index in [9.17, 15) is 37.4 Å². The van der Waals surface area contributed by atoms with E-state index in [1.54, 1.807) is 4.90 Å². The number of carbonyl (C=O) groups is 2. The highest BCUT2D eigenvalue weighted by Crippen LogP contribution is 2.39. The number of ether oxygens (including phenoxy) is 2. The summed E-state index contributed by atoms with van der Waals surface area (Å²) in [4.78, 5) is 27.2. The van der Waals surface area contributed by atoms with Crippen LogP contribution in [-0.2, 0) is 38.3 Å². The smallest absolute Gasteiger partial charge is 0.416 e. The van der Waals surface area contributed by atoms with Gasteiger partial charge in [0.05, 0.1) is 18.7 Å². The van der Waals surface area contributed by atoms with Gasteiger partial charge in [0.25, 0.3) is 0 Å². The van der Waals surface area contributed by atoms with Crippen LogP contribution < -0.4 is 0 Å². The molecule has 2 atom stereocenters. The first-order valence-electron chi connectivity index (χ1n) is 14.7. The van der Waals surface area contributed by atoms with Crippen molar-refractivity contribution in [3.8, 4) is 11.5 Å². The Morgan fingerprint density at radius 2 is 1.11 bits per heavy atom. The fraction of sp³-hybridized carbons (Fsp3) is 0.257. The molecule has 6 rings (SSSR count). The average molecular weight is 653 g/mol. The third-order valence-corrected chi connectivity index (χ3v) is 7.75. The molecule has 2 unspecified atom stereocenters. The molecule has 2 amide bonds. The Labute approximate surface area is 268 Å². The quantitative estimate of drug-likeness (QED) is 0.243. The lowest BCUT2D eigenvalue weighted by Crippen LogP contribution is -2.43. The molecule has 0 bridgehead atoms. The van der Waals surface area contributed by atoms with Crippen LogP contribution in [0.4, 0.5) is 17.6 Å². The summed E-state index contributed by atoms with van der Waals surface area (Å²) in [6.07, 6.45) is -6.05. The van der Waals surface area contributed by atoms with Gasteiger partial charge in [-0.1, -0.05) is 66.7 Å². The van der Waals surface area contributed by atoms with Crippen molar-refractivity contribution in [2.24, 2.45) is 0 Å². The Bertz CT molecular complexity index is 1690. The number of hydrogen-bond donors (Lipinski definition) is 2. The van der Waals surface area contributed by atoms with Gasteiger partial charge in [-0.15, -0.1) is 0 Å². The van der Waals surface area contributed by atoms with Crippen molar-refractivity contribution >= 4 is 11.8 Å². The molecule has 2 aliphatic heterocycles.